The van der Waals surface area contributed by atoms with Gasteiger partial charge in [-0.1, -0.05) is 31.9 Å². The lowest BCUT2D eigenvalue weighted by atomic mass is 9.89. The van der Waals surface area contributed by atoms with Crippen molar-refractivity contribution in [2.24, 2.45) is 11.8 Å². The monoisotopic (exact) mass is 257 g/mol. The van der Waals surface area contributed by atoms with Crippen molar-refractivity contribution in [3.05, 3.63) is 17.3 Å². The first-order chi connectivity index (χ1) is 8.11. The van der Waals surface area contributed by atoms with Gasteiger partial charge in [-0.3, -0.25) is 0 Å². The molecule has 2 rings (SSSR count). The summed E-state index contributed by atoms with van der Waals surface area (Å²) in [5.41, 5.74) is 0. The van der Waals surface area contributed by atoms with Crippen LogP contribution in [-0.2, 0) is 0 Å². The smallest absolute Gasteiger partial charge is 0.202 e. The molecule has 0 saturated carbocycles. The minimum atomic E-state index is -0.502. The molecule has 2 unspecified atom stereocenters. The summed E-state index contributed by atoms with van der Waals surface area (Å²) in [6.45, 7) is 6.05. The lowest BCUT2D eigenvalue weighted by Crippen LogP contribution is -2.40. The highest BCUT2D eigenvalue weighted by Crippen LogP contribution is 2.29. The van der Waals surface area contributed by atoms with E-state index in [4.69, 9.17) is 11.6 Å². The fourth-order valence-electron chi connectivity index (χ4n) is 2.51. The molecule has 1 saturated heterocycles. The summed E-state index contributed by atoms with van der Waals surface area (Å²) < 4.78 is 13.8. The number of anilines is 1. The molecule has 0 N–H and O–H groups in total. The van der Waals surface area contributed by atoms with Crippen LogP contribution >= 0.6 is 11.6 Å². The number of nitrogens with zero attached hydrogens (tertiary/aromatic N) is 3. The van der Waals surface area contributed by atoms with E-state index in [1.165, 1.54) is 12.7 Å². The van der Waals surface area contributed by atoms with Crippen molar-refractivity contribution in [3.8, 4) is 0 Å². The van der Waals surface area contributed by atoms with Crippen molar-refractivity contribution in [2.75, 3.05) is 18.0 Å². The Morgan fingerprint density at radius 3 is 2.94 bits per heavy atom. The molecular formula is C12H17ClFN3. The Bertz CT molecular complexity index is 399. The molecule has 3 nitrogen and oxygen atoms in total. The van der Waals surface area contributed by atoms with Crippen LogP contribution in [0.1, 0.15) is 26.7 Å². The number of hydrogen-bond acceptors (Lipinski definition) is 3. The molecular weight excluding hydrogens is 241 g/mol. The minimum absolute atomic E-state index is 0.0960. The van der Waals surface area contributed by atoms with E-state index in [0.29, 0.717) is 17.7 Å². The molecule has 0 aliphatic carbocycles. The molecule has 0 spiro atoms. The zero-order valence-corrected chi connectivity index (χ0v) is 10.9. The van der Waals surface area contributed by atoms with E-state index in [0.717, 1.165) is 19.5 Å². The average Bonchev–Trinajstić information content (AvgIpc) is 2.31. The molecule has 1 aromatic heterocycles. The van der Waals surface area contributed by atoms with Crippen molar-refractivity contribution in [3.63, 3.8) is 0 Å². The van der Waals surface area contributed by atoms with Gasteiger partial charge in [0.2, 0.25) is 5.82 Å². The second-order valence-corrected chi connectivity index (χ2v) is 5.18. The molecule has 17 heavy (non-hydrogen) atoms. The van der Waals surface area contributed by atoms with E-state index in [-0.39, 0.29) is 5.15 Å². The summed E-state index contributed by atoms with van der Waals surface area (Å²) in [6.07, 6.45) is 3.63. The molecule has 1 aliphatic heterocycles. The fourth-order valence-corrected chi connectivity index (χ4v) is 2.64. The normalized spacial score (nSPS) is 25.1. The Balaban J connectivity index is 2.23. The van der Waals surface area contributed by atoms with E-state index in [1.807, 2.05) is 4.90 Å². The lowest BCUT2D eigenvalue weighted by molar-refractivity contribution is 0.325. The maximum atomic E-state index is 13.8. The second kappa shape index (κ2) is 5.17. The molecule has 1 fully saturated rings. The van der Waals surface area contributed by atoms with Gasteiger partial charge >= 0.3 is 0 Å². The first-order valence-electron chi connectivity index (χ1n) is 6.02. The summed E-state index contributed by atoms with van der Waals surface area (Å²) in [5.74, 6) is 1.00. The summed E-state index contributed by atoms with van der Waals surface area (Å²) >= 11 is 5.69. The first-order valence-corrected chi connectivity index (χ1v) is 6.40. The van der Waals surface area contributed by atoms with E-state index in [9.17, 15) is 4.39 Å². The fraction of sp³-hybridized carbons (Fsp3) is 0.667. The van der Waals surface area contributed by atoms with E-state index in [1.54, 1.807) is 0 Å². The Labute approximate surface area is 106 Å². The predicted molar refractivity (Wildman–Crippen MR) is 66.8 cm³/mol. The van der Waals surface area contributed by atoms with Gasteiger partial charge in [0.15, 0.2) is 11.0 Å². The second-order valence-electron chi connectivity index (χ2n) is 4.82. The standard InChI is InChI=1S/C12H17ClFN3/c1-3-9-4-8(2)5-17(6-9)12-10(14)11(13)15-7-16-12/h7-9H,3-6H2,1-2H3. The maximum absolute atomic E-state index is 13.8. The van der Waals surface area contributed by atoms with Crippen LogP contribution in [0.3, 0.4) is 0 Å². The van der Waals surface area contributed by atoms with Gasteiger partial charge in [0.05, 0.1) is 0 Å². The van der Waals surface area contributed by atoms with Crippen LogP contribution in [0.25, 0.3) is 0 Å². The molecule has 94 valence electrons. The van der Waals surface area contributed by atoms with Crippen molar-refractivity contribution in [1.82, 2.24) is 9.97 Å². The molecule has 2 atom stereocenters. The van der Waals surface area contributed by atoms with Crippen molar-refractivity contribution >= 4 is 17.4 Å². The van der Waals surface area contributed by atoms with Crippen molar-refractivity contribution in [2.45, 2.75) is 26.7 Å². The van der Waals surface area contributed by atoms with Gasteiger partial charge in [-0.2, -0.15) is 4.39 Å². The summed E-state index contributed by atoms with van der Waals surface area (Å²) in [6, 6.07) is 0. The molecule has 1 aromatic rings. The van der Waals surface area contributed by atoms with Gasteiger partial charge in [0.1, 0.15) is 6.33 Å². The van der Waals surface area contributed by atoms with Crippen molar-refractivity contribution < 1.29 is 4.39 Å². The van der Waals surface area contributed by atoms with Crippen LogP contribution in [0.15, 0.2) is 6.33 Å². The zero-order chi connectivity index (χ0) is 12.4. The number of rotatable bonds is 2. The van der Waals surface area contributed by atoms with Gasteiger partial charge in [-0.25, -0.2) is 9.97 Å². The zero-order valence-electron chi connectivity index (χ0n) is 10.2. The van der Waals surface area contributed by atoms with Crippen LogP contribution in [0.4, 0.5) is 10.2 Å². The molecule has 0 radical (unpaired) electrons. The van der Waals surface area contributed by atoms with Gasteiger partial charge in [-0.05, 0) is 18.3 Å². The third kappa shape index (κ3) is 2.68. The average molecular weight is 258 g/mol. The Morgan fingerprint density at radius 2 is 2.24 bits per heavy atom. The first kappa shape index (κ1) is 12.6. The minimum Gasteiger partial charge on any atom is -0.353 e. The third-order valence-electron chi connectivity index (χ3n) is 3.35. The van der Waals surface area contributed by atoms with E-state index >= 15 is 0 Å². The van der Waals surface area contributed by atoms with Crippen LogP contribution in [0.2, 0.25) is 5.15 Å². The van der Waals surface area contributed by atoms with Crippen molar-refractivity contribution in [1.29, 1.82) is 0 Å². The highest BCUT2D eigenvalue weighted by Gasteiger charge is 2.26. The maximum Gasteiger partial charge on any atom is 0.202 e. The lowest BCUT2D eigenvalue weighted by Gasteiger charge is -2.36. The van der Waals surface area contributed by atoms with Gasteiger partial charge in [0.25, 0.3) is 0 Å². The van der Waals surface area contributed by atoms with E-state index in [2.05, 4.69) is 23.8 Å². The Morgan fingerprint density at radius 1 is 1.47 bits per heavy atom. The van der Waals surface area contributed by atoms with Gasteiger partial charge < -0.3 is 4.90 Å². The summed E-state index contributed by atoms with van der Waals surface area (Å²) in [5, 5.41) is -0.0960. The Kier molecular flexibility index (Phi) is 3.82. The number of aromatic nitrogens is 2. The van der Waals surface area contributed by atoms with Crippen LogP contribution in [0.5, 0.6) is 0 Å². The molecule has 0 amide bonds. The third-order valence-corrected chi connectivity index (χ3v) is 3.62. The summed E-state index contributed by atoms with van der Waals surface area (Å²) in [4.78, 5) is 9.66. The molecule has 0 bridgehead atoms. The quantitative estimate of drug-likeness (QED) is 0.762. The molecule has 5 heteroatoms. The largest absolute Gasteiger partial charge is 0.353 e. The predicted octanol–water partition coefficient (Wildman–Crippen LogP) is 3.14. The highest BCUT2D eigenvalue weighted by atomic mass is 35.5. The molecule has 2 heterocycles. The Hall–Kier alpha value is -0.900. The molecule has 1 aliphatic rings. The number of hydrogen-bond donors (Lipinski definition) is 0. The topological polar surface area (TPSA) is 29.0 Å². The SMILES string of the molecule is CCC1CC(C)CN(c2ncnc(Cl)c2F)C1. The van der Waals surface area contributed by atoms with Gasteiger partial charge in [0, 0.05) is 13.1 Å². The van der Waals surface area contributed by atoms with Crippen LogP contribution in [0, 0.1) is 17.7 Å². The van der Waals surface area contributed by atoms with Crippen LogP contribution < -0.4 is 4.90 Å². The van der Waals surface area contributed by atoms with E-state index < -0.39 is 5.82 Å². The number of halogens is 2. The number of piperidine rings is 1. The van der Waals surface area contributed by atoms with Crippen LogP contribution in [-0.4, -0.2) is 23.1 Å². The highest BCUT2D eigenvalue weighted by molar-refractivity contribution is 6.29. The van der Waals surface area contributed by atoms with Gasteiger partial charge in [-0.15, -0.1) is 0 Å². The summed E-state index contributed by atoms with van der Waals surface area (Å²) in [7, 11) is 0. The molecule has 0 aromatic carbocycles.